The number of para-hydroxylation sites is 1. The quantitative estimate of drug-likeness (QED) is 0.376. The fourth-order valence-electron chi connectivity index (χ4n) is 3.79. The van der Waals surface area contributed by atoms with Crippen LogP contribution in [0.1, 0.15) is 16.7 Å². The summed E-state index contributed by atoms with van der Waals surface area (Å²) in [6, 6.07) is 24.4. The van der Waals surface area contributed by atoms with Crippen LogP contribution in [0.4, 0.5) is 11.4 Å². The van der Waals surface area contributed by atoms with Crippen LogP contribution in [-0.4, -0.2) is 24.2 Å². The molecule has 1 aliphatic rings. The van der Waals surface area contributed by atoms with Gasteiger partial charge < -0.3 is 10.1 Å². The van der Waals surface area contributed by atoms with Gasteiger partial charge in [-0.2, -0.15) is 5.26 Å². The van der Waals surface area contributed by atoms with E-state index in [0.29, 0.717) is 28.6 Å². The third-order valence-electron chi connectivity index (χ3n) is 5.77. The standard InChI is InChI=1S/C28H25N3O3S/c1-18-8-10-20(11-9-18)16-25-27(33)31(21-12-14-22(34-3)15-13-21)28(35-25)23(17-29)26(32)30-24-7-5-4-6-19(24)2/h4-15,25H,16H2,1-3H3,(H,30,32)/b28-23-. The van der Waals surface area contributed by atoms with Crippen LogP contribution in [0, 0.1) is 25.2 Å². The van der Waals surface area contributed by atoms with Gasteiger partial charge in [-0.15, -0.1) is 0 Å². The summed E-state index contributed by atoms with van der Waals surface area (Å²) in [4.78, 5) is 28.3. The average Bonchev–Trinajstić information content (AvgIpc) is 3.17. The number of methoxy groups -OCH3 is 1. The smallest absolute Gasteiger partial charge is 0.269 e. The average molecular weight is 484 g/mol. The summed E-state index contributed by atoms with van der Waals surface area (Å²) in [7, 11) is 1.57. The Morgan fingerprint density at radius 1 is 1.06 bits per heavy atom. The van der Waals surface area contributed by atoms with Gasteiger partial charge in [-0.1, -0.05) is 59.8 Å². The normalized spacial score (nSPS) is 16.6. The molecule has 0 saturated carbocycles. The number of rotatable bonds is 6. The molecule has 3 aromatic carbocycles. The first-order valence-corrected chi connectivity index (χ1v) is 12.0. The number of nitrogens with one attached hydrogen (secondary N) is 1. The number of amides is 2. The van der Waals surface area contributed by atoms with E-state index in [1.165, 1.54) is 16.7 Å². The highest BCUT2D eigenvalue weighted by Crippen LogP contribution is 2.42. The van der Waals surface area contributed by atoms with E-state index in [9.17, 15) is 14.9 Å². The van der Waals surface area contributed by atoms with Crippen molar-refractivity contribution in [3.05, 3.63) is 100 Å². The van der Waals surface area contributed by atoms with Crippen LogP contribution in [-0.2, 0) is 16.0 Å². The van der Waals surface area contributed by atoms with E-state index in [-0.39, 0.29) is 11.5 Å². The van der Waals surface area contributed by atoms with Crippen LogP contribution in [0.5, 0.6) is 5.75 Å². The van der Waals surface area contributed by atoms with Crippen LogP contribution in [0.25, 0.3) is 0 Å². The van der Waals surface area contributed by atoms with Crippen LogP contribution < -0.4 is 15.0 Å². The van der Waals surface area contributed by atoms with Gasteiger partial charge in [-0.25, -0.2) is 0 Å². The summed E-state index contributed by atoms with van der Waals surface area (Å²) in [5.41, 5.74) is 4.12. The van der Waals surface area contributed by atoms with E-state index in [1.807, 2.05) is 62.4 Å². The minimum absolute atomic E-state index is 0.103. The summed E-state index contributed by atoms with van der Waals surface area (Å²) in [6.07, 6.45) is 0.484. The Morgan fingerprint density at radius 3 is 2.37 bits per heavy atom. The molecule has 3 aromatic rings. The molecule has 0 radical (unpaired) electrons. The predicted octanol–water partition coefficient (Wildman–Crippen LogP) is 5.38. The Hall–Kier alpha value is -4.02. The molecular weight excluding hydrogens is 458 g/mol. The fraction of sp³-hybridized carbons (Fsp3) is 0.179. The van der Waals surface area contributed by atoms with E-state index in [2.05, 4.69) is 5.32 Å². The first kappa shape index (κ1) is 24.1. The third-order valence-corrected chi connectivity index (χ3v) is 7.03. The number of aryl methyl sites for hydroxylation is 2. The Balaban J connectivity index is 1.73. The lowest BCUT2D eigenvalue weighted by molar-refractivity contribution is -0.117. The van der Waals surface area contributed by atoms with E-state index < -0.39 is 11.2 Å². The minimum atomic E-state index is -0.549. The molecule has 4 rings (SSSR count). The summed E-state index contributed by atoms with van der Waals surface area (Å²) >= 11 is 1.25. The second kappa shape index (κ2) is 10.5. The number of thioether (sulfide) groups is 1. The number of hydrogen-bond acceptors (Lipinski definition) is 5. The van der Waals surface area contributed by atoms with E-state index in [1.54, 1.807) is 37.4 Å². The molecule has 1 saturated heterocycles. The molecule has 2 amide bonds. The van der Waals surface area contributed by atoms with Crippen molar-refractivity contribution in [3.63, 3.8) is 0 Å². The lowest BCUT2D eigenvalue weighted by Gasteiger charge is -2.19. The van der Waals surface area contributed by atoms with Crippen molar-refractivity contribution in [2.75, 3.05) is 17.3 Å². The Morgan fingerprint density at radius 2 is 1.74 bits per heavy atom. The molecule has 1 atom stereocenters. The lowest BCUT2D eigenvalue weighted by Crippen LogP contribution is -2.31. The van der Waals surface area contributed by atoms with Gasteiger partial charge >= 0.3 is 0 Å². The molecule has 1 heterocycles. The highest BCUT2D eigenvalue weighted by molar-refractivity contribution is 8.05. The molecule has 1 fully saturated rings. The summed E-state index contributed by atoms with van der Waals surface area (Å²) in [6.45, 7) is 3.89. The topological polar surface area (TPSA) is 82.4 Å². The number of carbonyl (C=O) groups excluding carboxylic acids is 2. The summed E-state index contributed by atoms with van der Waals surface area (Å²) < 4.78 is 5.24. The molecular formula is C28H25N3O3S. The number of ether oxygens (including phenoxy) is 1. The Labute approximate surface area is 209 Å². The fourth-order valence-corrected chi connectivity index (χ4v) is 5.10. The van der Waals surface area contributed by atoms with Gasteiger partial charge in [0.05, 0.1) is 12.4 Å². The maximum absolute atomic E-state index is 13.6. The van der Waals surface area contributed by atoms with Gasteiger partial charge in [0, 0.05) is 11.4 Å². The highest BCUT2D eigenvalue weighted by Gasteiger charge is 2.40. The maximum atomic E-state index is 13.6. The Bertz CT molecular complexity index is 1320. The van der Waals surface area contributed by atoms with E-state index in [0.717, 1.165) is 16.7 Å². The van der Waals surface area contributed by atoms with E-state index >= 15 is 0 Å². The van der Waals surface area contributed by atoms with Crippen molar-refractivity contribution < 1.29 is 14.3 Å². The van der Waals surface area contributed by atoms with Crippen LogP contribution in [0.3, 0.4) is 0 Å². The van der Waals surface area contributed by atoms with Gasteiger partial charge in [0.2, 0.25) is 5.91 Å². The van der Waals surface area contributed by atoms with Crippen molar-refractivity contribution in [2.24, 2.45) is 0 Å². The largest absolute Gasteiger partial charge is 0.497 e. The predicted molar refractivity (Wildman–Crippen MR) is 139 cm³/mol. The molecule has 0 spiro atoms. The molecule has 0 bridgehead atoms. The molecule has 6 nitrogen and oxygen atoms in total. The number of nitrogens with zero attached hydrogens (tertiary/aromatic N) is 2. The molecule has 35 heavy (non-hydrogen) atoms. The van der Waals surface area contributed by atoms with Crippen LogP contribution in [0.2, 0.25) is 0 Å². The number of nitriles is 1. The van der Waals surface area contributed by atoms with Crippen molar-refractivity contribution >= 4 is 35.0 Å². The van der Waals surface area contributed by atoms with Crippen molar-refractivity contribution in [1.29, 1.82) is 5.26 Å². The first-order chi connectivity index (χ1) is 16.9. The zero-order chi connectivity index (χ0) is 24.9. The zero-order valence-corrected chi connectivity index (χ0v) is 20.6. The summed E-state index contributed by atoms with van der Waals surface area (Å²) in [5.74, 6) is -0.0774. The first-order valence-electron chi connectivity index (χ1n) is 11.1. The molecule has 0 aliphatic carbocycles. The molecule has 0 aromatic heterocycles. The van der Waals surface area contributed by atoms with Gasteiger partial charge in [-0.3, -0.25) is 14.5 Å². The second-order valence-corrected chi connectivity index (χ2v) is 9.42. The van der Waals surface area contributed by atoms with Crippen LogP contribution >= 0.6 is 11.8 Å². The molecule has 7 heteroatoms. The van der Waals surface area contributed by atoms with Crippen molar-refractivity contribution in [1.82, 2.24) is 0 Å². The van der Waals surface area contributed by atoms with Gasteiger partial charge in [0.15, 0.2) is 0 Å². The number of benzene rings is 3. The SMILES string of the molecule is COc1ccc(N2C(=O)C(Cc3ccc(C)cc3)S/C2=C(/C#N)C(=O)Nc2ccccc2C)cc1. The highest BCUT2D eigenvalue weighted by atomic mass is 32.2. The monoisotopic (exact) mass is 483 g/mol. The molecule has 1 unspecified atom stereocenters. The van der Waals surface area contributed by atoms with Gasteiger partial charge in [-0.05, 0) is 61.7 Å². The number of hydrogen-bond donors (Lipinski definition) is 1. The van der Waals surface area contributed by atoms with Crippen LogP contribution in [0.15, 0.2) is 83.4 Å². The van der Waals surface area contributed by atoms with E-state index in [4.69, 9.17) is 4.74 Å². The molecule has 176 valence electrons. The maximum Gasteiger partial charge on any atom is 0.269 e. The molecule has 1 N–H and O–H groups in total. The number of anilines is 2. The third kappa shape index (κ3) is 5.23. The summed E-state index contributed by atoms with van der Waals surface area (Å²) in [5, 5.41) is 12.7. The lowest BCUT2D eigenvalue weighted by atomic mass is 10.1. The van der Waals surface area contributed by atoms with Crippen molar-refractivity contribution in [2.45, 2.75) is 25.5 Å². The minimum Gasteiger partial charge on any atom is -0.497 e. The van der Waals surface area contributed by atoms with Gasteiger partial charge in [0.1, 0.15) is 22.4 Å². The second-order valence-electron chi connectivity index (χ2n) is 8.23. The Kier molecular flexibility index (Phi) is 7.23. The van der Waals surface area contributed by atoms with Crippen molar-refractivity contribution in [3.8, 4) is 11.8 Å². The molecule has 1 aliphatic heterocycles. The zero-order valence-electron chi connectivity index (χ0n) is 19.7. The van der Waals surface area contributed by atoms with Gasteiger partial charge in [0.25, 0.3) is 5.91 Å². The number of carbonyl (C=O) groups is 2.